The van der Waals surface area contributed by atoms with Gasteiger partial charge in [0.05, 0.1) is 26.4 Å². The molecule has 2 unspecified atom stereocenters. The molecule has 0 spiro atoms. The molecule has 0 aromatic heterocycles. The van der Waals surface area contributed by atoms with Crippen LogP contribution in [-0.2, 0) is 16.1 Å². The van der Waals surface area contributed by atoms with Crippen molar-refractivity contribution in [2.75, 3.05) is 47.1 Å². The Bertz CT molecular complexity index is 1070. The quantitative estimate of drug-likeness (QED) is 0.340. The van der Waals surface area contributed by atoms with Crippen LogP contribution < -0.4 is 19.5 Å². The molecule has 0 radical (unpaired) electrons. The second-order valence-corrected chi connectivity index (χ2v) is 9.57. The number of carbonyl (C=O) groups excluding carboxylic acids is 1. The standard InChI is InChI=1S/C28H37F3N2O6/c1-19(2)33(27(34)21-9-10-24(36-4)25(14-21)37-12-6-11-35-3)17-22-15-32-16-26(22)38-18-20-7-5-8-23(13-20)39-28(29,30)31/h5,7-10,13-14,19,22,26,32H,6,11-12,15-18H2,1-4H3. The first-order chi connectivity index (χ1) is 18.6. The van der Waals surface area contributed by atoms with Gasteiger partial charge < -0.3 is 33.9 Å². The van der Waals surface area contributed by atoms with Crippen LogP contribution in [0.25, 0.3) is 0 Å². The molecule has 2 atom stereocenters. The first-order valence-corrected chi connectivity index (χ1v) is 12.9. The maximum Gasteiger partial charge on any atom is 0.573 e. The maximum atomic E-state index is 13.6. The Kier molecular flexibility index (Phi) is 11.3. The molecular weight excluding hydrogens is 517 g/mol. The number of carbonyl (C=O) groups is 1. The highest BCUT2D eigenvalue weighted by molar-refractivity contribution is 5.95. The highest BCUT2D eigenvalue weighted by Crippen LogP contribution is 2.30. The molecule has 2 aromatic carbocycles. The van der Waals surface area contributed by atoms with Crippen molar-refractivity contribution >= 4 is 5.91 Å². The van der Waals surface area contributed by atoms with E-state index in [4.69, 9.17) is 18.9 Å². The zero-order chi connectivity index (χ0) is 28.4. The lowest BCUT2D eigenvalue weighted by Gasteiger charge is -2.31. The maximum absolute atomic E-state index is 13.6. The fraction of sp³-hybridized carbons (Fsp3) is 0.536. The van der Waals surface area contributed by atoms with E-state index in [1.807, 2.05) is 13.8 Å². The molecule has 3 rings (SSSR count). The van der Waals surface area contributed by atoms with Crippen molar-refractivity contribution in [3.63, 3.8) is 0 Å². The van der Waals surface area contributed by atoms with E-state index in [1.165, 1.54) is 18.2 Å². The van der Waals surface area contributed by atoms with Crippen LogP contribution in [0, 0.1) is 5.92 Å². The molecule has 1 saturated heterocycles. The van der Waals surface area contributed by atoms with E-state index >= 15 is 0 Å². The highest BCUT2D eigenvalue weighted by Gasteiger charge is 2.33. The molecule has 216 valence electrons. The number of hydrogen-bond acceptors (Lipinski definition) is 7. The Labute approximate surface area is 227 Å². The van der Waals surface area contributed by atoms with Crippen molar-refractivity contribution < 1.29 is 41.7 Å². The Morgan fingerprint density at radius 3 is 2.56 bits per heavy atom. The fourth-order valence-corrected chi connectivity index (χ4v) is 4.38. The van der Waals surface area contributed by atoms with Gasteiger partial charge in [0.2, 0.25) is 0 Å². The smallest absolute Gasteiger partial charge is 0.493 e. The van der Waals surface area contributed by atoms with Gasteiger partial charge in [-0.2, -0.15) is 0 Å². The number of nitrogens with zero attached hydrogens (tertiary/aromatic N) is 1. The van der Waals surface area contributed by atoms with Gasteiger partial charge in [0.25, 0.3) is 5.91 Å². The summed E-state index contributed by atoms with van der Waals surface area (Å²) in [5.41, 5.74) is 1.05. The monoisotopic (exact) mass is 554 g/mol. The van der Waals surface area contributed by atoms with E-state index in [0.29, 0.717) is 61.9 Å². The van der Waals surface area contributed by atoms with Crippen LogP contribution >= 0.6 is 0 Å². The molecule has 2 aromatic rings. The van der Waals surface area contributed by atoms with E-state index in [2.05, 4.69) is 10.1 Å². The molecule has 39 heavy (non-hydrogen) atoms. The third-order valence-corrected chi connectivity index (χ3v) is 6.35. The number of methoxy groups -OCH3 is 2. The lowest BCUT2D eigenvalue weighted by Crippen LogP contribution is -2.43. The van der Waals surface area contributed by atoms with Crippen molar-refractivity contribution in [2.24, 2.45) is 5.92 Å². The lowest BCUT2D eigenvalue weighted by atomic mass is 10.0. The summed E-state index contributed by atoms with van der Waals surface area (Å²) >= 11 is 0. The normalized spacial score (nSPS) is 17.3. The molecule has 0 saturated carbocycles. The predicted molar refractivity (Wildman–Crippen MR) is 139 cm³/mol. The third kappa shape index (κ3) is 9.29. The minimum Gasteiger partial charge on any atom is -0.493 e. The van der Waals surface area contributed by atoms with Crippen molar-refractivity contribution in [2.45, 2.75) is 45.4 Å². The molecule has 8 nitrogen and oxygen atoms in total. The number of halogens is 3. The van der Waals surface area contributed by atoms with Gasteiger partial charge in [-0.05, 0) is 49.7 Å². The summed E-state index contributed by atoms with van der Waals surface area (Å²) in [7, 11) is 3.17. The van der Waals surface area contributed by atoms with Crippen molar-refractivity contribution in [3.8, 4) is 17.2 Å². The number of amides is 1. The van der Waals surface area contributed by atoms with E-state index in [-0.39, 0.29) is 36.3 Å². The molecule has 1 fully saturated rings. The first-order valence-electron chi connectivity index (χ1n) is 12.9. The summed E-state index contributed by atoms with van der Waals surface area (Å²) in [6.45, 7) is 6.68. The van der Waals surface area contributed by atoms with Gasteiger partial charge in [-0.25, -0.2) is 0 Å². The molecule has 11 heteroatoms. The third-order valence-electron chi connectivity index (χ3n) is 6.35. The zero-order valence-corrected chi connectivity index (χ0v) is 22.8. The van der Waals surface area contributed by atoms with Crippen LogP contribution in [0.4, 0.5) is 13.2 Å². The van der Waals surface area contributed by atoms with Gasteiger partial charge in [-0.3, -0.25) is 4.79 Å². The summed E-state index contributed by atoms with van der Waals surface area (Å²) < 4.78 is 64.1. The van der Waals surface area contributed by atoms with Crippen LogP contribution in [0.2, 0.25) is 0 Å². The van der Waals surface area contributed by atoms with E-state index < -0.39 is 6.36 Å². The fourth-order valence-electron chi connectivity index (χ4n) is 4.38. The predicted octanol–water partition coefficient (Wildman–Crippen LogP) is 4.66. The van der Waals surface area contributed by atoms with Gasteiger partial charge in [0.1, 0.15) is 5.75 Å². The summed E-state index contributed by atoms with van der Waals surface area (Å²) in [6.07, 6.45) is -4.28. The minimum atomic E-state index is -4.76. The summed E-state index contributed by atoms with van der Waals surface area (Å²) in [4.78, 5) is 15.4. The second kappa shape index (κ2) is 14.4. The van der Waals surface area contributed by atoms with Crippen LogP contribution in [0.3, 0.4) is 0 Å². The summed E-state index contributed by atoms with van der Waals surface area (Å²) in [5, 5.41) is 3.30. The SMILES string of the molecule is COCCCOc1cc(C(=O)N(CC2CNCC2OCc2cccc(OC(F)(F)F)c2)C(C)C)ccc1OC. The molecule has 1 amide bonds. The molecule has 1 aliphatic heterocycles. The number of benzene rings is 2. The number of hydrogen-bond donors (Lipinski definition) is 1. The lowest BCUT2D eigenvalue weighted by molar-refractivity contribution is -0.274. The molecule has 1 aliphatic rings. The van der Waals surface area contributed by atoms with Gasteiger partial charge in [-0.1, -0.05) is 12.1 Å². The van der Waals surface area contributed by atoms with Gasteiger partial charge in [-0.15, -0.1) is 13.2 Å². The largest absolute Gasteiger partial charge is 0.573 e. The topological polar surface area (TPSA) is 78.5 Å². The molecule has 0 bridgehead atoms. The van der Waals surface area contributed by atoms with Crippen molar-refractivity contribution in [3.05, 3.63) is 53.6 Å². The van der Waals surface area contributed by atoms with E-state index in [0.717, 1.165) is 0 Å². The Morgan fingerprint density at radius 1 is 1.08 bits per heavy atom. The van der Waals surface area contributed by atoms with E-state index in [1.54, 1.807) is 43.4 Å². The van der Waals surface area contributed by atoms with Crippen molar-refractivity contribution in [1.82, 2.24) is 10.2 Å². The van der Waals surface area contributed by atoms with Crippen LogP contribution in [0.5, 0.6) is 17.2 Å². The molecule has 1 N–H and O–H groups in total. The average Bonchev–Trinajstić information content (AvgIpc) is 3.34. The van der Waals surface area contributed by atoms with Crippen LogP contribution in [0.1, 0.15) is 36.2 Å². The minimum absolute atomic E-state index is 0.00558. The highest BCUT2D eigenvalue weighted by atomic mass is 19.4. The zero-order valence-electron chi connectivity index (χ0n) is 22.8. The Hall–Kier alpha value is -3.02. The van der Waals surface area contributed by atoms with Gasteiger partial charge >= 0.3 is 6.36 Å². The second-order valence-electron chi connectivity index (χ2n) is 9.57. The first kappa shape index (κ1) is 30.5. The van der Waals surface area contributed by atoms with Gasteiger partial charge in [0, 0.05) is 57.3 Å². The average molecular weight is 555 g/mol. The van der Waals surface area contributed by atoms with Gasteiger partial charge in [0.15, 0.2) is 11.5 Å². The number of rotatable bonds is 14. The number of nitrogens with one attached hydrogen (secondary N) is 1. The summed E-state index contributed by atoms with van der Waals surface area (Å²) in [6, 6.07) is 10.8. The number of alkyl halides is 3. The Balaban J connectivity index is 1.66. The van der Waals surface area contributed by atoms with Crippen LogP contribution in [-0.4, -0.2) is 76.4 Å². The van der Waals surface area contributed by atoms with E-state index in [9.17, 15) is 18.0 Å². The van der Waals surface area contributed by atoms with Crippen molar-refractivity contribution in [1.29, 1.82) is 0 Å². The molecule has 1 heterocycles. The number of ether oxygens (including phenoxy) is 5. The molecule has 0 aliphatic carbocycles. The Morgan fingerprint density at radius 2 is 1.87 bits per heavy atom. The van der Waals surface area contributed by atoms with Crippen LogP contribution in [0.15, 0.2) is 42.5 Å². The summed E-state index contributed by atoms with van der Waals surface area (Å²) in [5.74, 6) is 0.593. The molecular formula is C28H37F3N2O6.